The maximum absolute atomic E-state index is 12.7. The van der Waals surface area contributed by atoms with Crippen molar-refractivity contribution in [3.63, 3.8) is 0 Å². The summed E-state index contributed by atoms with van der Waals surface area (Å²) in [6.45, 7) is 2.24. The summed E-state index contributed by atoms with van der Waals surface area (Å²) < 4.78 is 26.9. The molecule has 0 aliphatic carbocycles. The Labute approximate surface area is 174 Å². The molecule has 30 heavy (non-hydrogen) atoms. The maximum Gasteiger partial charge on any atom is 0.276 e. The molecule has 0 radical (unpaired) electrons. The minimum atomic E-state index is -3.57. The van der Waals surface area contributed by atoms with Gasteiger partial charge in [0.15, 0.2) is 0 Å². The number of hydrogen-bond acceptors (Lipinski definition) is 6. The van der Waals surface area contributed by atoms with Crippen molar-refractivity contribution in [1.82, 2.24) is 9.21 Å². The minimum Gasteiger partial charge on any atom is -0.323 e. The van der Waals surface area contributed by atoms with Crippen LogP contribution in [0.2, 0.25) is 0 Å². The maximum atomic E-state index is 12.7. The molecule has 1 amide bonds. The van der Waals surface area contributed by atoms with Gasteiger partial charge in [0.05, 0.1) is 15.4 Å². The fourth-order valence-electron chi connectivity index (χ4n) is 3.03. The number of rotatable bonds is 6. The molecule has 1 heterocycles. The van der Waals surface area contributed by atoms with E-state index in [0.29, 0.717) is 37.4 Å². The highest BCUT2D eigenvalue weighted by atomic mass is 32.2. The molecule has 9 nitrogen and oxygen atoms in total. The number of amides is 1. The van der Waals surface area contributed by atoms with Gasteiger partial charge in [-0.2, -0.15) is 4.31 Å². The van der Waals surface area contributed by atoms with E-state index in [9.17, 15) is 23.3 Å². The first-order valence-electron chi connectivity index (χ1n) is 9.28. The van der Waals surface area contributed by atoms with E-state index in [4.69, 9.17) is 0 Å². The normalized spacial score (nSPS) is 15.9. The number of hydrogen-bond donors (Lipinski definition) is 1. The summed E-state index contributed by atoms with van der Waals surface area (Å²) in [6.07, 6.45) is 2.55. The molecule has 1 aliphatic rings. The number of likely N-dealkylation sites (N-methyl/N-ethyl adjacent to an activating group) is 1. The summed E-state index contributed by atoms with van der Waals surface area (Å²) in [4.78, 5) is 24.9. The number of nitro groups is 1. The third-order valence-corrected chi connectivity index (χ3v) is 6.68. The molecule has 2 aromatic carbocycles. The van der Waals surface area contributed by atoms with Gasteiger partial charge in [-0.25, -0.2) is 8.42 Å². The Kier molecular flexibility index (Phi) is 6.60. The molecule has 0 bridgehead atoms. The van der Waals surface area contributed by atoms with Gasteiger partial charge in [-0.3, -0.25) is 14.9 Å². The molecule has 1 saturated heterocycles. The SMILES string of the molecule is CN1CCN(S(=O)(=O)c2ccc(NC(=O)/C=C/c3ccccc3[N+](=O)[O-])cc2)CC1. The zero-order valence-corrected chi connectivity index (χ0v) is 17.2. The van der Waals surface area contributed by atoms with Crippen molar-refractivity contribution in [2.75, 3.05) is 38.5 Å². The summed E-state index contributed by atoms with van der Waals surface area (Å²) >= 11 is 0. The van der Waals surface area contributed by atoms with Crippen LogP contribution in [0.1, 0.15) is 5.56 Å². The highest BCUT2D eigenvalue weighted by molar-refractivity contribution is 7.89. The van der Waals surface area contributed by atoms with E-state index < -0.39 is 20.9 Å². The number of nitrogens with zero attached hydrogens (tertiary/aromatic N) is 3. The van der Waals surface area contributed by atoms with E-state index in [1.807, 2.05) is 7.05 Å². The molecule has 0 unspecified atom stereocenters. The third-order valence-electron chi connectivity index (χ3n) is 4.77. The standard InChI is InChI=1S/C20H22N4O5S/c1-22-12-14-23(15-13-22)30(28,29)18-9-7-17(8-10-18)21-20(25)11-6-16-4-2-3-5-19(16)24(26)27/h2-11H,12-15H2,1H3,(H,21,25)/b11-6+. The Morgan fingerprint density at radius 1 is 1.07 bits per heavy atom. The number of sulfonamides is 1. The lowest BCUT2D eigenvalue weighted by Gasteiger charge is -2.31. The zero-order valence-electron chi connectivity index (χ0n) is 16.4. The predicted molar refractivity (Wildman–Crippen MR) is 113 cm³/mol. The molecule has 1 aliphatic heterocycles. The van der Waals surface area contributed by atoms with Gasteiger partial charge in [0.1, 0.15) is 0 Å². The molecule has 3 rings (SSSR count). The van der Waals surface area contributed by atoms with Crippen LogP contribution in [0.25, 0.3) is 6.08 Å². The fraction of sp³-hybridized carbons (Fsp3) is 0.250. The van der Waals surface area contributed by atoms with Crippen LogP contribution in [-0.4, -0.2) is 61.7 Å². The number of benzene rings is 2. The van der Waals surface area contributed by atoms with Crippen LogP contribution in [0.15, 0.2) is 59.5 Å². The number of carbonyl (C=O) groups excluding carboxylic acids is 1. The lowest BCUT2D eigenvalue weighted by molar-refractivity contribution is -0.385. The molecule has 1 fully saturated rings. The number of nitrogens with one attached hydrogen (secondary N) is 1. The van der Waals surface area contributed by atoms with E-state index in [-0.39, 0.29) is 10.6 Å². The second kappa shape index (κ2) is 9.16. The van der Waals surface area contributed by atoms with Crippen molar-refractivity contribution in [2.24, 2.45) is 0 Å². The summed E-state index contributed by atoms with van der Waals surface area (Å²) in [6, 6.07) is 12.0. The van der Waals surface area contributed by atoms with E-state index in [2.05, 4.69) is 10.2 Å². The van der Waals surface area contributed by atoms with Crippen molar-refractivity contribution >= 4 is 33.4 Å². The molecule has 2 aromatic rings. The van der Waals surface area contributed by atoms with Crippen LogP contribution in [0.5, 0.6) is 0 Å². The Hall–Kier alpha value is -3.08. The topological polar surface area (TPSA) is 113 Å². The van der Waals surface area contributed by atoms with Crippen molar-refractivity contribution in [3.05, 3.63) is 70.3 Å². The molecule has 0 atom stereocenters. The van der Waals surface area contributed by atoms with Crippen molar-refractivity contribution in [2.45, 2.75) is 4.90 Å². The minimum absolute atomic E-state index is 0.0972. The van der Waals surface area contributed by atoms with Crippen LogP contribution < -0.4 is 5.32 Å². The average molecular weight is 430 g/mol. The van der Waals surface area contributed by atoms with Crippen molar-refractivity contribution in [3.8, 4) is 0 Å². The number of carbonyl (C=O) groups is 1. The quantitative estimate of drug-likeness (QED) is 0.427. The van der Waals surface area contributed by atoms with Crippen LogP contribution in [0.4, 0.5) is 11.4 Å². The first-order chi connectivity index (χ1) is 14.3. The highest BCUT2D eigenvalue weighted by Crippen LogP contribution is 2.21. The van der Waals surface area contributed by atoms with E-state index >= 15 is 0 Å². The summed E-state index contributed by atoms with van der Waals surface area (Å²) in [7, 11) is -1.62. The first kappa shape index (κ1) is 21.6. The molecule has 1 N–H and O–H groups in total. The Balaban J connectivity index is 1.66. The number of piperazine rings is 1. The van der Waals surface area contributed by atoms with Gasteiger partial charge in [-0.15, -0.1) is 0 Å². The Morgan fingerprint density at radius 2 is 1.70 bits per heavy atom. The van der Waals surface area contributed by atoms with Crippen LogP contribution in [0, 0.1) is 10.1 Å². The molecule has 158 valence electrons. The average Bonchev–Trinajstić information content (AvgIpc) is 2.73. The first-order valence-corrected chi connectivity index (χ1v) is 10.7. The molecule has 0 aromatic heterocycles. The number of nitro benzene ring substituents is 1. The van der Waals surface area contributed by atoms with Gasteiger partial charge >= 0.3 is 0 Å². The summed E-state index contributed by atoms with van der Waals surface area (Å²) in [5.41, 5.74) is 0.635. The van der Waals surface area contributed by atoms with E-state index in [0.717, 1.165) is 0 Å². The summed E-state index contributed by atoms with van der Waals surface area (Å²) in [5.74, 6) is -0.483. The molecule has 0 saturated carbocycles. The van der Waals surface area contributed by atoms with Gasteiger partial charge in [-0.05, 0) is 43.5 Å². The highest BCUT2D eigenvalue weighted by Gasteiger charge is 2.27. The third kappa shape index (κ3) is 5.09. The van der Waals surface area contributed by atoms with Gasteiger partial charge in [0.2, 0.25) is 15.9 Å². The van der Waals surface area contributed by atoms with Crippen molar-refractivity contribution < 1.29 is 18.1 Å². The van der Waals surface area contributed by atoms with E-state index in [1.165, 1.54) is 46.8 Å². The number of anilines is 1. The van der Waals surface area contributed by atoms with Gasteiger partial charge in [0.25, 0.3) is 5.69 Å². The van der Waals surface area contributed by atoms with Gasteiger partial charge in [0, 0.05) is 44.0 Å². The van der Waals surface area contributed by atoms with E-state index in [1.54, 1.807) is 18.2 Å². The predicted octanol–water partition coefficient (Wildman–Crippen LogP) is 2.18. The second-order valence-corrected chi connectivity index (χ2v) is 8.81. The van der Waals surface area contributed by atoms with Gasteiger partial charge in [-0.1, -0.05) is 12.1 Å². The fourth-order valence-corrected chi connectivity index (χ4v) is 4.45. The lowest BCUT2D eigenvalue weighted by Crippen LogP contribution is -2.46. The largest absolute Gasteiger partial charge is 0.323 e. The smallest absolute Gasteiger partial charge is 0.276 e. The molecular formula is C20H22N4O5S. The van der Waals surface area contributed by atoms with Crippen LogP contribution in [0.3, 0.4) is 0 Å². The molecular weight excluding hydrogens is 408 g/mol. The van der Waals surface area contributed by atoms with Gasteiger partial charge < -0.3 is 10.2 Å². The Bertz CT molecular complexity index is 1060. The number of para-hydroxylation sites is 1. The van der Waals surface area contributed by atoms with Crippen molar-refractivity contribution in [1.29, 1.82) is 0 Å². The zero-order chi connectivity index (χ0) is 21.7. The second-order valence-electron chi connectivity index (χ2n) is 6.87. The van der Waals surface area contributed by atoms with Crippen LogP contribution >= 0.6 is 0 Å². The summed E-state index contributed by atoms with van der Waals surface area (Å²) in [5, 5.41) is 13.6. The Morgan fingerprint density at radius 3 is 2.33 bits per heavy atom. The lowest BCUT2D eigenvalue weighted by atomic mass is 10.1. The molecule has 0 spiro atoms. The molecule has 10 heteroatoms. The monoisotopic (exact) mass is 430 g/mol. The van der Waals surface area contributed by atoms with Crippen LogP contribution in [-0.2, 0) is 14.8 Å².